The average Bonchev–Trinajstić information content (AvgIpc) is 2.77. The molecule has 176 valence electrons. The molecule has 2 aromatic carbocycles. The molecule has 0 aliphatic carbocycles. The maximum Gasteiger partial charge on any atom is 0.265 e. The number of anilines is 2. The molecule has 0 bridgehead atoms. The predicted octanol–water partition coefficient (Wildman–Crippen LogP) is 3.37. The maximum absolute atomic E-state index is 13.5. The SMILES string of the molecule is Cc1ccc(NC(=O)[C@H]2CCCN(S(=O)(=O)c3cc4c(cc3C)NC(=O)[C@H](C)O4)C2)cc1C. The van der Waals surface area contributed by atoms with Crippen LogP contribution in [-0.4, -0.2) is 43.7 Å². The van der Waals surface area contributed by atoms with E-state index in [4.69, 9.17) is 4.74 Å². The third-order valence-electron chi connectivity index (χ3n) is 6.36. The molecule has 2 aromatic rings. The molecule has 1 saturated heterocycles. The summed E-state index contributed by atoms with van der Waals surface area (Å²) in [6, 6.07) is 8.80. The molecule has 0 spiro atoms. The summed E-state index contributed by atoms with van der Waals surface area (Å²) in [7, 11) is -3.85. The summed E-state index contributed by atoms with van der Waals surface area (Å²) >= 11 is 0. The number of benzene rings is 2. The molecule has 0 aromatic heterocycles. The number of sulfonamides is 1. The Morgan fingerprint density at radius 3 is 2.61 bits per heavy atom. The van der Waals surface area contributed by atoms with Crippen LogP contribution in [-0.2, 0) is 19.6 Å². The van der Waals surface area contributed by atoms with Gasteiger partial charge in [-0.05, 0) is 75.4 Å². The molecular formula is C24H29N3O5S. The summed E-state index contributed by atoms with van der Waals surface area (Å²) < 4.78 is 34.0. The van der Waals surface area contributed by atoms with Crippen molar-refractivity contribution in [1.82, 2.24) is 4.31 Å². The van der Waals surface area contributed by atoms with Crippen molar-refractivity contribution in [3.8, 4) is 5.75 Å². The Labute approximate surface area is 194 Å². The lowest BCUT2D eigenvalue weighted by atomic mass is 9.98. The molecule has 2 N–H and O–H groups in total. The monoisotopic (exact) mass is 471 g/mol. The number of carbonyl (C=O) groups excluding carboxylic acids is 2. The molecule has 9 heteroatoms. The second-order valence-electron chi connectivity index (χ2n) is 8.85. The summed E-state index contributed by atoms with van der Waals surface area (Å²) in [5.74, 6) is -0.567. The van der Waals surface area contributed by atoms with Crippen LogP contribution in [0.4, 0.5) is 11.4 Å². The number of ether oxygens (including phenoxy) is 1. The van der Waals surface area contributed by atoms with E-state index in [2.05, 4.69) is 10.6 Å². The Kier molecular flexibility index (Phi) is 6.20. The van der Waals surface area contributed by atoms with Crippen molar-refractivity contribution in [2.45, 2.75) is 51.5 Å². The van der Waals surface area contributed by atoms with Gasteiger partial charge in [0.05, 0.1) is 16.5 Å². The van der Waals surface area contributed by atoms with Gasteiger partial charge in [-0.25, -0.2) is 8.42 Å². The second-order valence-corrected chi connectivity index (χ2v) is 10.8. The van der Waals surface area contributed by atoms with Crippen molar-refractivity contribution < 1.29 is 22.7 Å². The van der Waals surface area contributed by atoms with Crippen molar-refractivity contribution in [1.29, 1.82) is 0 Å². The molecule has 0 unspecified atom stereocenters. The van der Waals surface area contributed by atoms with E-state index < -0.39 is 22.0 Å². The number of carbonyl (C=O) groups is 2. The molecule has 8 nitrogen and oxygen atoms in total. The van der Waals surface area contributed by atoms with Gasteiger partial charge in [-0.15, -0.1) is 0 Å². The molecule has 4 rings (SSSR count). The Bertz CT molecular complexity index is 1220. The number of aryl methyl sites for hydroxylation is 3. The van der Waals surface area contributed by atoms with Crippen LogP contribution in [0.15, 0.2) is 35.2 Å². The topological polar surface area (TPSA) is 105 Å². The zero-order valence-corrected chi connectivity index (χ0v) is 20.1. The molecule has 2 amide bonds. The van der Waals surface area contributed by atoms with E-state index in [1.54, 1.807) is 19.9 Å². The number of fused-ring (bicyclic) bond motifs is 1. The van der Waals surface area contributed by atoms with E-state index in [0.717, 1.165) is 11.1 Å². The predicted molar refractivity (Wildman–Crippen MR) is 126 cm³/mol. The van der Waals surface area contributed by atoms with Gasteiger partial charge in [-0.2, -0.15) is 4.31 Å². The van der Waals surface area contributed by atoms with Gasteiger partial charge in [0.2, 0.25) is 15.9 Å². The highest BCUT2D eigenvalue weighted by molar-refractivity contribution is 7.89. The van der Waals surface area contributed by atoms with Crippen molar-refractivity contribution >= 4 is 33.2 Å². The Morgan fingerprint density at radius 1 is 1.12 bits per heavy atom. The molecule has 0 radical (unpaired) electrons. The summed E-state index contributed by atoms with van der Waals surface area (Å²) in [5, 5.41) is 5.67. The number of amides is 2. The molecule has 2 heterocycles. The smallest absolute Gasteiger partial charge is 0.265 e. The van der Waals surface area contributed by atoms with Gasteiger partial charge in [0.15, 0.2) is 6.10 Å². The van der Waals surface area contributed by atoms with Crippen LogP contribution in [0.5, 0.6) is 5.75 Å². The van der Waals surface area contributed by atoms with Crippen LogP contribution in [0.1, 0.15) is 36.5 Å². The third kappa shape index (κ3) is 4.60. The zero-order valence-electron chi connectivity index (χ0n) is 19.3. The molecule has 2 atom stereocenters. The first-order valence-electron chi connectivity index (χ1n) is 11.1. The fraction of sp³-hybridized carbons (Fsp3) is 0.417. The summed E-state index contributed by atoms with van der Waals surface area (Å²) in [4.78, 5) is 24.9. The first-order valence-corrected chi connectivity index (χ1v) is 12.5. The van der Waals surface area contributed by atoms with E-state index in [9.17, 15) is 18.0 Å². The molecule has 1 fully saturated rings. The van der Waals surface area contributed by atoms with Crippen molar-refractivity contribution in [2.75, 3.05) is 23.7 Å². The molecule has 33 heavy (non-hydrogen) atoms. The second kappa shape index (κ2) is 8.79. The standard InChI is InChI=1S/C24H29N3O5S/c1-14-7-8-19(10-15(14)2)25-24(29)18-6-5-9-27(13-18)33(30,31)22-12-21-20(11-16(22)3)26-23(28)17(4)32-21/h7-8,10-12,17-18H,5-6,9,13H2,1-4H3,(H,25,29)(H,26,28)/t17-,18-/m0/s1. The van der Waals surface area contributed by atoms with Gasteiger partial charge in [0.1, 0.15) is 5.75 Å². The van der Waals surface area contributed by atoms with Crippen LogP contribution >= 0.6 is 0 Å². The fourth-order valence-corrected chi connectivity index (χ4v) is 5.94. The van der Waals surface area contributed by atoms with Crippen LogP contribution in [0.3, 0.4) is 0 Å². The maximum atomic E-state index is 13.5. The minimum Gasteiger partial charge on any atom is -0.479 e. The summed E-state index contributed by atoms with van der Waals surface area (Å²) in [6.07, 6.45) is 0.514. The average molecular weight is 472 g/mol. The lowest BCUT2D eigenvalue weighted by Gasteiger charge is -2.32. The number of nitrogens with one attached hydrogen (secondary N) is 2. The minimum absolute atomic E-state index is 0.115. The Balaban J connectivity index is 1.54. The summed E-state index contributed by atoms with van der Waals surface area (Å²) in [5.41, 5.74) is 3.90. The van der Waals surface area contributed by atoms with E-state index in [0.29, 0.717) is 42.1 Å². The summed E-state index contributed by atoms with van der Waals surface area (Å²) in [6.45, 7) is 7.74. The van der Waals surface area contributed by atoms with Gasteiger partial charge in [-0.3, -0.25) is 9.59 Å². The van der Waals surface area contributed by atoms with Gasteiger partial charge in [0, 0.05) is 24.8 Å². The van der Waals surface area contributed by atoms with Gasteiger partial charge < -0.3 is 15.4 Å². The highest BCUT2D eigenvalue weighted by atomic mass is 32.2. The first-order chi connectivity index (χ1) is 15.6. The van der Waals surface area contributed by atoms with Gasteiger partial charge in [-0.1, -0.05) is 6.07 Å². The lowest BCUT2D eigenvalue weighted by molar-refractivity contribution is -0.123. The highest BCUT2D eigenvalue weighted by Crippen LogP contribution is 2.36. The molecular weight excluding hydrogens is 442 g/mol. The number of nitrogens with zero attached hydrogens (tertiary/aromatic N) is 1. The van der Waals surface area contributed by atoms with Crippen LogP contribution in [0.25, 0.3) is 0 Å². The normalized spacial score (nSPS) is 21.0. The number of hydrogen-bond donors (Lipinski definition) is 2. The van der Waals surface area contributed by atoms with Gasteiger partial charge in [0.25, 0.3) is 5.91 Å². The van der Waals surface area contributed by atoms with E-state index in [-0.39, 0.29) is 23.3 Å². The quantitative estimate of drug-likeness (QED) is 0.711. The number of piperidine rings is 1. The van der Waals surface area contributed by atoms with Gasteiger partial charge >= 0.3 is 0 Å². The van der Waals surface area contributed by atoms with E-state index in [1.807, 2.05) is 32.0 Å². The van der Waals surface area contributed by atoms with Crippen molar-refractivity contribution in [3.05, 3.63) is 47.0 Å². The number of hydrogen-bond acceptors (Lipinski definition) is 5. The fourth-order valence-electron chi connectivity index (χ4n) is 4.20. The lowest BCUT2D eigenvalue weighted by Crippen LogP contribution is -2.44. The van der Waals surface area contributed by atoms with Crippen LogP contribution in [0, 0.1) is 26.7 Å². The van der Waals surface area contributed by atoms with Crippen molar-refractivity contribution in [2.24, 2.45) is 5.92 Å². The van der Waals surface area contributed by atoms with E-state index >= 15 is 0 Å². The van der Waals surface area contributed by atoms with Crippen LogP contribution in [0.2, 0.25) is 0 Å². The number of rotatable bonds is 4. The minimum atomic E-state index is -3.85. The third-order valence-corrected chi connectivity index (χ3v) is 8.36. The van der Waals surface area contributed by atoms with Crippen molar-refractivity contribution in [3.63, 3.8) is 0 Å². The first kappa shape index (κ1) is 23.3. The molecule has 0 saturated carbocycles. The van der Waals surface area contributed by atoms with E-state index in [1.165, 1.54) is 10.4 Å². The zero-order chi connectivity index (χ0) is 23.9. The van der Waals surface area contributed by atoms with Crippen LogP contribution < -0.4 is 15.4 Å². The Hall–Kier alpha value is -2.91. The molecule has 2 aliphatic heterocycles. The molecule has 2 aliphatic rings. The largest absolute Gasteiger partial charge is 0.479 e. The Morgan fingerprint density at radius 2 is 1.88 bits per heavy atom. The highest BCUT2D eigenvalue weighted by Gasteiger charge is 2.35.